The van der Waals surface area contributed by atoms with E-state index in [1.165, 1.54) is 30.2 Å². The molecule has 0 saturated heterocycles. The molecule has 11 heteroatoms. The lowest BCUT2D eigenvalue weighted by Crippen LogP contribution is -2.55. The van der Waals surface area contributed by atoms with Crippen molar-refractivity contribution in [2.24, 2.45) is 0 Å². The van der Waals surface area contributed by atoms with Crippen molar-refractivity contribution in [3.8, 4) is 5.75 Å². The molecule has 0 aliphatic rings. The fraction of sp³-hybridized carbons (Fsp3) is 0.333. The molecule has 0 fully saturated rings. The van der Waals surface area contributed by atoms with E-state index < -0.39 is 39.9 Å². The Morgan fingerprint density at radius 3 is 2.20 bits per heavy atom. The van der Waals surface area contributed by atoms with E-state index >= 15 is 0 Å². The maximum absolute atomic E-state index is 14.1. The van der Waals surface area contributed by atoms with Gasteiger partial charge in [-0.3, -0.25) is 13.9 Å². The molecular formula is C30H35ClFN3O5S. The van der Waals surface area contributed by atoms with E-state index in [9.17, 15) is 22.4 Å². The number of methoxy groups -OCH3 is 1. The Morgan fingerprint density at radius 2 is 1.66 bits per heavy atom. The molecule has 0 heterocycles. The largest absolute Gasteiger partial charge is 0.497 e. The van der Waals surface area contributed by atoms with Crippen LogP contribution in [-0.4, -0.2) is 50.4 Å². The summed E-state index contributed by atoms with van der Waals surface area (Å²) in [4.78, 5) is 28.7. The van der Waals surface area contributed by atoms with Gasteiger partial charge in [-0.2, -0.15) is 0 Å². The Hall–Kier alpha value is -3.63. The maximum atomic E-state index is 14.1. The molecule has 1 N–H and O–H groups in total. The van der Waals surface area contributed by atoms with Crippen molar-refractivity contribution < 1.29 is 27.1 Å². The second-order valence-corrected chi connectivity index (χ2v) is 12.7. The van der Waals surface area contributed by atoms with Gasteiger partial charge in [0.2, 0.25) is 11.8 Å². The summed E-state index contributed by atoms with van der Waals surface area (Å²) >= 11 is 6.01. The van der Waals surface area contributed by atoms with Crippen LogP contribution in [0.3, 0.4) is 0 Å². The molecule has 0 bridgehead atoms. The van der Waals surface area contributed by atoms with Gasteiger partial charge >= 0.3 is 0 Å². The molecule has 0 saturated carbocycles. The topological polar surface area (TPSA) is 96.0 Å². The quantitative estimate of drug-likeness (QED) is 0.316. The zero-order valence-corrected chi connectivity index (χ0v) is 25.3. The number of amides is 2. The molecule has 3 rings (SSSR count). The van der Waals surface area contributed by atoms with Crippen LogP contribution < -0.4 is 14.4 Å². The van der Waals surface area contributed by atoms with Crippen LogP contribution in [0, 0.1) is 5.82 Å². The summed E-state index contributed by atoms with van der Waals surface area (Å²) in [5.41, 5.74) is 0.154. The Kier molecular flexibility index (Phi) is 10.4. The lowest BCUT2D eigenvalue weighted by molar-refractivity contribution is -0.141. The summed E-state index contributed by atoms with van der Waals surface area (Å²) in [5, 5.41) is 2.62. The second-order valence-electron chi connectivity index (χ2n) is 10.5. The molecule has 0 aromatic heterocycles. The van der Waals surface area contributed by atoms with Gasteiger partial charge in [0.15, 0.2) is 0 Å². The molecule has 0 radical (unpaired) electrons. The highest BCUT2D eigenvalue weighted by Crippen LogP contribution is 2.28. The van der Waals surface area contributed by atoms with E-state index in [0.29, 0.717) is 11.3 Å². The van der Waals surface area contributed by atoms with Crippen LogP contribution in [0.4, 0.5) is 10.1 Å². The number of sulfonamides is 1. The van der Waals surface area contributed by atoms with Crippen LogP contribution in [0.1, 0.15) is 39.7 Å². The van der Waals surface area contributed by atoms with Crippen LogP contribution in [0.2, 0.25) is 5.02 Å². The van der Waals surface area contributed by atoms with E-state index in [4.69, 9.17) is 16.3 Å². The van der Waals surface area contributed by atoms with Crippen LogP contribution in [0.25, 0.3) is 0 Å². The van der Waals surface area contributed by atoms with E-state index in [2.05, 4.69) is 5.32 Å². The molecule has 0 spiro atoms. The third-order valence-corrected chi connectivity index (χ3v) is 8.28. The van der Waals surface area contributed by atoms with Crippen LogP contribution in [0.15, 0.2) is 77.7 Å². The molecular weight excluding hydrogens is 569 g/mol. The minimum absolute atomic E-state index is 0.00481. The first kappa shape index (κ1) is 31.9. The van der Waals surface area contributed by atoms with Crippen molar-refractivity contribution in [1.29, 1.82) is 0 Å². The van der Waals surface area contributed by atoms with Gasteiger partial charge in [0.05, 0.1) is 22.7 Å². The third-order valence-electron chi connectivity index (χ3n) is 6.20. The Balaban J connectivity index is 2.08. The molecule has 3 aromatic carbocycles. The monoisotopic (exact) mass is 603 g/mol. The van der Waals surface area contributed by atoms with Crippen molar-refractivity contribution in [2.45, 2.75) is 57.1 Å². The summed E-state index contributed by atoms with van der Waals surface area (Å²) in [6, 6.07) is 17.1. The van der Waals surface area contributed by atoms with Gasteiger partial charge in [-0.25, -0.2) is 12.8 Å². The fourth-order valence-corrected chi connectivity index (χ4v) is 5.79. The maximum Gasteiger partial charge on any atom is 0.264 e. The number of rotatable bonds is 11. The molecule has 1 atom stereocenters. The van der Waals surface area contributed by atoms with E-state index in [0.717, 1.165) is 16.4 Å². The van der Waals surface area contributed by atoms with Crippen LogP contribution >= 0.6 is 11.6 Å². The number of hydrogen-bond acceptors (Lipinski definition) is 5. The lowest BCUT2D eigenvalue weighted by atomic mass is 10.1. The number of carbonyl (C=O) groups is 2. The number of halogens is 2. The average Bonchev–Trinajstić information content (AvgIpc) is 2.92. The van der Waals surface area contributed by atoms with Gasteiger partial charge in [0.25, 0.3) is 10.0 Å². The zero-order chi connectivity index (χ0) is 30.4. The predicted octanol–water partition coefficient (Wildman–Crippen LogP) is 5.41. The van der Waals surface area contributed by atoms with Gasteiger partial charge in [-0.05, 0) is 75.2 Å². The molecule has 3 aromatic rings. The standard InChI is InChI=1S/C30H35ClFN3O5S/c1-6-27(29(37)33-30(2,3)4)34(19-21-12-15-23(40-5)16-13-21)28(36)20-35(22-14-17-26(32)25(31)18-22)41(38,39)24-10-8-7-9-11-24/h7-18,27H,6,19-20H2,1-5H3,(H,33,37)/t27-/m0/s1. The number of benzene rings is 3. The lowest BCUT2D eigenvalue weighted by Gasteiger charge is -2.34. The van der Waals surface area contributed by atoms with Crippen molar-refractivity contribution in [3.63, 3.8) is 0 Å². The first-order chi connectivity index (χ1) is 19.3. The SMILES string of the molecule is CC[C@@H](C(=O)NC(C)(C)C)N(Cc1ccc(OC)cc1)C(=O)CN(c1ccc(F)c(Cl)c1)S(=O)(=O)c1ccccc1. The summed E-state index contributed by atoms with van der Waals surface area (Å²) in [6.07, 6.45) is 0.275. The fourth-order valence-electron chi connectivity index (χ4n) is 4.19. The van der Waals surface area contributed by atoms with Crippen molar-refractivity contribution in [2.75, 3.05) is 18.0 Å². The van der Waals surface area contributed by atoms with E-state index in [1.54, 1.807) is 49.4 Å². The summed E-state index contributed by atoms with van der Waals surface area (Å²) in [5.74, 6) is -1.11. The molecule has 0 aliphatic heterocycles. The van der Waals surface area contributed by atoms with Gasteiger partial charge < -0.3 is 15.0 Å². The Morgan fingerprint density at radius 1 is 1.02 bits per heavy atom. The predicted molar refractivity (Wildman–Crippen MR) is 158 cm³/mol. The van der Waals surface area contributed by atoms with Crippen LogP contribution in [-0.2, 0) is 26.2 Å². The van der Waals surface area contributed by atoms with Crippen molar-refractivity contribution in [1.82, 2.24) is 10.2 Å². The Bertz CT molecular complexity index is 1460. The molecule has 2 amide bonds. The highest BCUT2D eigenvalue weighted by molar-refractivity contribution is 7.92. The first-order valence-corrected chi connectivity index (χ1v) is 14.9. The van der Waals surface area contributed by atoms with E-state index in [-0.39, 0.29) is 34.5 Å². The molecule has 41 heavy (non-hydrogen) atoms. The molecule has 0 aliphatic carbocycles. The number of nitrogens with one attached hydrogen (secondary N) is 1. The van der Waals surface area contributed by atoms with Crippen molar-refractivity contribution in [3.05, 3.63) is 89.2 Å². The second kappa shape index (κ2) is 13.4. The first-order valence-electron chi connectivity index (χ1n) is 13.0. The smallest absolute Gasteiger partial charge is 0.264 e. The molecule has 0 unspecified atom stereocenters. The normalized spacial score (nSPS) is 12.4. The highest BCUT2D eigenvalue weighted by Gasteiger charge is 2.34. The molecule has 8 nitrogen and oxygen atoms in total. The van der Waals surface area contributed by atoms with Gasteiger partial charge in [0, 0.05) is 12.1 Å². The molecule has 220 valence electrons. The zero-order valence-electron chi connectivity index (χ0n) is 23.7. The summed E-state index contributed by atoms with van der Waals surface area (Å²) < 4.78 is 47.7. The van der Waals surface area contributed by atoms with Gasteiger partial charge in [-0.15, -0.1) is 0 Å². The number of nitrogens with zero attached hydrogens (tertiary/aromatic N) is 2. The van der Waals surface area contributed by atoms with Crippen LogP contribution in [0.5, 0.6) is 5.75 Å². The summed E-state index contributed by atoms with van der Waals surface area (Å²) in [6.45, 7) is 6.65. The summed E-state index contributed by atoms with van der Waals surface area (Å²) in [7, 11) is -2.75. The van der Waals surface area contributed by atoms with Gasteiger partial charge in [-0.1, -0.05) is 48.9 Å². The number of anilines is 1. The highest BCUT2D eigenvalue weighted by atomic mass is 35.5. The minimum atomic E-state index is -4.29. The minimum Gasteiger partial charge on any atom is -0.497 e. The Labute approximate surface area is 246 Å². The number of carbonyl (C=O) groups excluding carboxylic acids is 2. The number of hydrogen-bond donors (Lipinski definition) is 1. The van der Waals surface area contributed by atoms with Gasteiger partial charge in [0.1, 0.15) is 24.2 Å². The average molecular weight is 604 g/mol. The van der Waals surface area contributed by atoms with Crippen molar-refractivity contribution >= 4 is 39.1 Å². The van der Waals surface area contributed by atoms with E-state index in [1.807, 2.05) is 20.8 Å². The number of ether oxygens (including phenoxy) is 1. The third kappa shape index (κ3) is 8.20.